The molecule has 0 aromatic heterocycles. The Kier molecular flexibility index (Phi) is 1.66. The molecule has 0 N–H and O–H groups in total. The summed E-state index contributed by atoms with van der Waals surface area (Å²) in [5.74, 6) is 0. The van der Waals surface area contributed by atoms with E-state index < -0.39 is 0 Å². The summed E-state index contributed by atoms with van der Waals surface area (Å²) < 4.78 is 2.25. The molecule has 0 aromatic rings. The summed E-state index contributed by atoms with van der Waals surface area (Å²) in [6.45, 7) is 2.42. The van der Waals surface area contributed by atoms with Crippen LogP contribution in [-0.2, 0) is 0 Å². The molecule has 0 amide bonds. The minimum absolute atomic E-state index is 0.729. The van der Waals surface area contributed by atoms with Gasteiger partial charge in [-0.1, -0.05) is 12.8 Å². The second kappa shape index (κ2) is 2.40. The molecule has 0 spiro atoms. The van der Waals surface area contributed by atoms with Crippen LogP contribution in [0.25, 0.3) is 0 Å². The Morgan fingerprint density at radius 1 is 1.20 bits per heavy atom. The molecule has 0 radical (unpaired) electrons. The first-order chi connectivity index (χ1) is 4.77. The van der Waals surface area contributed by atoms with E-state index in [1.807, 2.05) is 0 Å². The number of hydrogen-bond acceptors (Lipinski definition) is 3. The number of nitrogens with zero attached hydrogens (tertiary/aromatic N) is 2. The molecular formula is C7H14N2S. The SMILES string of the molecule is CN1CC2CCC(C1)N2S. The number of thiol groups is 1. The van der Waals surface area contributed by atoms with Crippen LogP contribution in [0.3, 0.4) is 0 Å². The summed E-state index contributed by atoms with van der Waals surface area (Å²) in [5.41, 5.74) is 0. The highest BCUT2D eigenvalue weighted by molar-refractivity contribution is 7.77. The normalized spacial score (nSPS) is 42.6. The average Bonchev–Trinajstić information content (AvgIpc) is 2.20. The highest BCUT2D eigenvalue weighted by atomic mass is 32.1. The zero-order chi connectivity index (χ0) is 7.14. The molecule has 10 heavy (non-hydrogen) atoms. The van der Waals surface area contributed by atoms with Crippen LogP contribution in [-0.4, -0.2) is 41.4 Å². The van der Waals surface area contributed by atoms with Gasteiger partial charge in [-0.15, -0.1) is 0 Å². The molecule has 2 unspecified atom stereocenters. The van der Waals surface area contributed by atoms with Crippen molar-refractivity contribution in [1.29, 1.82) is 0 Å². The van der Waals surface area contributed by atoms with E-state index in [4.69, 9.17) is 0 Å². The lowest BCUT2D eigenvalue weighted by molar-refractivity contribution is 0.166. The standard InChI is InChI=1S/C7H14N2S/c1-8-4-6-2-3-7(5-8)9(6)10/h6-7,10H,2-5H2,1H3. The third kappa shape index (κ3) is 0.966. The van der Waals surface area contributed by atoms with Gasteiger partial charge in [0, 0.05) is 25.2 Å². The Labute approximate surface area is 67.7 Å². The van der Waals surface area contributed by atoms with Crippen molar-refractivity contribution in [2.45, 2.75) is 24.9 Å². The van der Waals surface area contributed by atoms with E-state index >= 15 is 0 Å². The van der Waals surface area contributed by atoms with Gasteiger partial charge in [-0.3, -0.25) is 0 Å². The van der Waals surface area contributed by atoms with Crippen LogP contribution in [0.15, 0.2) is 0 Å². The molecule has 0 aromatic carbocycles. The fraction of sp³-hybridized carbons (Fsp3) is 1.00. The van der Waals surface area contributed by atoms with Crippen LogP contribution in [0, 0.1) is 0 Å². The topological polar surface area (TPSA) is 6.48 Å². The molecule has 2 atom stereocenters. The third-order valence-electron chi connectivity index (χ3n) is 2.63. The van der Waals surface area contributed by atoms with Gasteiger partial charge in [-0.05, 0) is 19.9 Å². The van der Waals surface area contributed by atoms with Gasteiger partial charge in [-0.25, -0.2) is 4.31 Å². The molecule has 2 fully saturated rings. The van der Waals surface area contributed by atoms with E-state index in [1.54, 1.807) is 0 Å². The van der Waals surface area contributed by atoms with Gasteiger partial charge < -0.3 is 4.90 Å². The van der Waals surface area contributed by atoms with Crippen molar-refractivity contribution in [2.24, 2.45) is 0 Å². The first kappa shape index (κ1) is 6.95. The van der Waals surface area contributed by atoms with Crippen molar-refractivity contribution in [2.75, 3.05) is 20.1 Å². The number of likely N-dealkylation sites (tertiary alicyclic amines) is 1. The molecule has 2 aliphatic rings. The molecule has 2 saturated heterocycles. The van der Waals surface area contributed by atoms with Crippen molar-refractivity contribution in [1.82, 2.24) is 9.21 Å². The van der Waals surface area contributed by atoms with E-state index in [-0.39, 0.29) is 0 Å². The molecule has 0 aliphatic carbocycles. The molecule has 0 saturated carbocycles. The van der Waals surface area contributed by atoms with Crippen molar-refractivity contribution in [3.63, 3.8) is 0 Å². The van der Waals surface area contributed by atoms with Crippen molar-refractivity contribution < 1.29 is 0 Å². The van der Waals surface area contributed by atoms with Crippen LogP contribution in [0.2, 0.25) is 0 Å². The minimum atomic E-state index is 0.729. The van der Waals surface area contributed by atoms with E-state index in [1.165, 1.54) is 25.9 Å². The fourth-order valence-electron chi connectivity index (χ4n) is 2.09. The molecule has 3 heteroatoms. The summed E-state index contributed by atoms with van der Waals surface area (Å²) >= 11 is 4.46. The maximum absolute atomic E-state index is 4.46. The second-order valence-electron chi connectivity index (χ2n) is 3.49. The van der Waals surface area contributed by atoms with Gasteiger partial charge in [0.1, 0.15) is 0 Å². The number of fused-ring (bicyclic) bond motifs is 2. The van der Waals surface area contributed by atoms with Crippen molar-refractivity contribution in [3.8, 4) is 0 Å². The first-order valence-corrected chi connectivity index (χ1v) is 4.33. The van der Waals surface area contributed by atoms with Crippen LogP contribution < -0.4 is 0 Å². The lowest BCUT2D eigenvalue weighted by Crippen LogP contribution is -2.47. The largest absolute Gasteiger partial charge is 0.303 e. The van der Waals surface area contributed by atoms with Crippen molar-refractivity contribution in [3.05, 3.63) is 0 Å². The Bertz CT molecular complexity index is 126. The van der Waals surface area contributed by atoms with E-state index in [0.717, 1.165) is 12.1 Å². The third-order valence-corrected chi connectivity index (χ3v) is 3.28. The quantitative estimate of drug-likeness (QED) is 0.516. The molecule has 2 rings (SSSR count). The summed E-state index contributed by atoms with van der Waals surface area (Å²) in [6.07, 6.45) is 2.69. The number of rotatable bonds is 0. The number of hydrogen-bond donors (Lipinski definition) is 1. The zero-order valence-corrected chi connectivity index (χ0v) is 7.22. The monoisotopic (exact) mass is 158 g/mol. The second-order valence-corrected chi connectivity index (χ2v) is 3.95. The molecule has 2 aliphatic heterocycles. The minimum Gasteiger partial charge on any atom is -0.303 e. The first-order valence-electron chi connectivity index (χ1n) is 3.93. The predicted octanol–water partition coefficient (Wildman–Crippen LogP) is 0.610. The smallest absolute Gasteiger partial charge is 0.0331 e. The maximum atomic E-state index is 4.46. The highest BCUT2D eigenvalue weighted by Gasteiger charge is 2.36. The molecule has 58 valence electrons. The molecule has 2 nitrogen and oxygen atoms in total. The summed E-state index contributed by atoms with van der Waals surface area (Å²) in [7, 11) is 2.20. The van der Waals surface area contributed by atoms with E-state index in [2.05, 4.69) is 29.1 Å². The van der Waals surface area contributed by atoms with Crippen LogP contribution in [0.1, 0.15) is 12.8 Å². The number of likely N-dealkylation sites (N-methyl/N-ethyl adjacent to an activating group) is 1. The predicted molar refractivity (Wildman–Crippen MR) is 45.1 cm³/mol. The molecule has 2 heterocycles. The van der Waals surface area contributed by atoms with Gasteiger partial charge in [0.05, 0.1) is 0 Å². The lowest BCUT2D eigenvalue weighted by atomic mass is 10.2. The Balaban J connectivity index is 2.09. The maximum Gasteiger partial charge on any atom is 0.0331 e. The van der Waals surface area contributed by atoms with Gasteiger partial charge in [0.25, 0.3) is 0 Å². The Hall–Kier alpha value is 0.270. The van der Waals surface area contributed by atoms with Crippen LogP contribution in [0.4, 0.5) is 0 Å². The molecule has 2 bridgehead atoms. The summed E-state index contributed by atoms with van der Waals surface area (Å²) in [4.78, 5) is 2.41. The number of piperazine rings is 1. The summed E-state index contributed by atoms with van der Waals surface area (Å²) in [5, 5.41) is 0. The Morgan fingerprint density at radius 3 is 2.20 bits per heavy atom. The van der Waals surface area contributed by atoms with Gasteiger partial charge in [0.15, 0.2) is 0 Å². The average molecular weight is 158 g/mol. The van der Waals surface area contributed by atoms with Gasteiger partial charge in [0.2, 0.25) is 0 Å². The summed E-state index contributed by atoms with van der Waals surface area (Å²) in [6, 6.07) is 1.46. The Morgan fingerprint density at radius 2 is 1.70 bits per heavy atom. The van der Waals surface area contributed by atoms with Gasteiger partial charge >= 0.3 is 0 Å². The van der Waals surface area contributed by atoms with Gasteiger partial charge in [-0.2, -0.15) is 0 Å². The van der Waals surface area contributed by atoms with E-state index in [0.29, 0.717) is 0 Å². The van der Waals surface area contributed by atoms with Crippen LogP contribution in [0.5, 0.6) is 0 Å². The van der Waals surface area contributed by atoms with Crippen molar-refractivity contribution >= 4 is 12.8 Å². The zero-order valence-electron chi connectivity index (χ0n) is 6.32. The van der Waals surface area contributed by atoms with Crippen LogP contribution >= 0.6 is 12.8 Å². The highest BCUT2D eigenvalue weighted by Crippen LogP contribution is 2.30. The lowest BCUT2D eigenvalue weighted by Gasteiger charge is -2.35. The molecular weight excluding hydrogens is 144 g/mol. The fourth-order valence-corrected chi connectivity index (χ4v) is 2.47. The van der Waals surface area contributed by atoms with E-state index in [9.17, 15) is 0 Å².